The minimum Gasteiger partial charge on any atom is -1.00 e. The molecular formula is C8H16BrF2NO2. The smallest absolute Gasteiger partial charge is 0.388 e. The Bertz CT molecular complexity index is 190. The van der Waals surface area contributed by atoms with Crippen LogP contribution in [0.1, 0.15) is 20.8 Å². The molecule has 0 aromatic heterocycles. The number of carboxylic acid groups (broad SMARTS) is 1. The van der Waals surface area contributed by atoms with E-state index < -0.39 is 23.0 Å². The van der Waals surface area contributed by atoms with Crippen molar-refractivity contribution < 1.29 is 40.1 Å². The van der Waals surface area contributed by atoms with Gasteiger partial charge in [-0.15, -0.1) is 8.78 Å². The molecule has 3 nitrogen and oxygen atoms in total. The molecule has 1 N–H and O–H groups in total. The van der Waals surface area contributed by atoms with Crippen LogP contribution < -0.4 is 17.0 Å². The standard InChI is InChI=1S/C8H15F2NO2.BrH/c1-4-11(5-2,6-7(12)13)8(3,9)10;/h4-6H2,1-3H3;1H. The van der Waals surface area contributed by atoms with E-state index in [0.717, 1.165) is 6.92 Å². The summed E-state index contributed by atoms with van der Waals surface area (Å²) in [5, 5.41) is 8.53. The SMILES string of the molecule is CC[N+](CC)(CC(=O)O)C(C)(F)F.[Br-]. The van der Waals surface area contributed by atoms with Crippen molar-refractivity contribution in [3.8, 4) is 0 Å². The Kier molecular flexibility index (Phi) is 6.49. The average Bonchev–Trinajstić information content (AvgIpc) is 1.97. The highest BCUT2D eigenvalue weighted by atomic mass is 79.9. The zero-order chi connectivity index (χ0) is 10.7. The molecular weight excluding hydrogens is 260 g/mol. The van der Waals surface area contributed by atoms with Gasteiger partial charge in [0.1, 0.15) is 0 Å². The summed E-state index contributed by atoms with van der Waals surface area (Å²) in [6, 6.07) is -3.00. The van der Waals surface area contributed by atoms with Gasteiger partial charge in [-0.3, -0.25) is 4.48 Å². The maximum Gasteiger partial charge on any atom is 0.388 e. The van der Waals surface area contributed by atoms with E-state index in [1.807, 2.05) is 0 Å². The van der Waals surface area contributed by atoms with Gasteiger partial charge in [0.05, 0.1) is 20.0 Å². The first kappa shape index (κ1) is 16.2. The minimum absolute atomic E-state index is 0. The van der Waals surface area contributed by atoms with Gasteiger partial charge in [-0.25, -0.2) is 4.79 Å². The highest BCUT2D eigenvalue weighted by Gasteiger charge is 2.47. The number of alkyl halides is 2. The summed E-state index contributed by atoms with van der Waals surface area (Å²) in [5.74, 6) is -1.19. The fourth-order valence-electron chi connectivity index (χ4n) is 1.40. The Morgan fingerprint density at radius 3 is 1.79 bits per heavy atom. The van der Waals surface area contributed by atoms with Crippen molar-refractivity contribution in [2.75, 3.05) is 19.6 Å². The van der Waals surface area contributed by atoms with Gasteiger partial charge >= 0.3 is 12.0 Å². The first-order valence-corrected chi connectivity index (χ1v) is 4.25. The Morgan fingerprint density at radius 1 is 1.36 bits per heavy atom. The lowest BCUT2D eigenvalue weighted by molar-refractivity contribution is -0.998. The molecule has 0 radical (unpaired) electrons. The quantitative estimate of drug-likeness (QED) is 0.492. The van der Waals surface area contributed by atoms with Crippen LogP contribution in [-0.4, -0.2) is 41.2 Å². The average molecular weight is 276 g/mol. The van der Waals surface area contributed by atoms with Crippen LogP contribution in [0.15, 0.2) is 0 Å². The van der Waals surface area contributed by atoms with E-state index in [4.69, 9.17) is 5.11 Å². The number of nitrogens with zero attached hydrogens (tertiary/aromatic N) is 1. The van der Waals surface area contributed by atoms with E-state index in [1.54, 1.807) is 13.8 Å². The molecule has 86 valence electrons. The summed E-state index contributed by atoms with van der Waals surface area (Å²) >= 11 is 0. The molecule has 0 aromatic carbocycles. The van der Waals surface area contributed by atoms with Gasteiger partial charge in [-0.1, -0.05) is 0 Å². The monoisotopic (exact) mass is 275 g/mol. The summed E-state index contributed by atoms with van der Waals surface area (Å²) in [6.45, 7) is 3.62. The lowest BCUT2D eigenvalue weighted by Crippen LogP contribution is -3.00. The highest BCUT2D eigenvalue weighted by molar-refractivity contribution is 5.68. The lowest BCUT2D eigenvalue weighted by Gasteiger charge is -2.39. The number of rotatable bonds is 5. The molecule has 0 atom stereocenters. The van der Waals surface area contributed by atoms with Crippen LogP contribution >= 0.6 is 0 Å². The number of likely N-dealkylation sites (N-methyl/N-ethyl adjacent to an activating group) is 1. The number of halogens is 3. The number of hydrogen-bond donors (Lipinski definition) is 1. The molecule has 0 saturated carbocycles. The maximum absolute atomic E-state index is 13.1. The molecule has 0 bridgehead atoms. The zero-order valence-electron chi connectivity index (χ0n) is 8.56. The molecule has 0 amide bonds. The largest absolute Gasteiger partial charge is 1.00 e. The van der Waals surface area contributed by atoms with Gasteiger partial charge in [0.15, 0.2) is 6.54 Å². The molecule has 6 heteroatoms. The van der Waals surface area contributed by atoms with Crippen molar-refractivity contribution in [2.45, 2.75) is 26.8 Å². The number of aliphatic carboxylic acids is 1. The van der Waals surface area contributed by atoms with Crippen molar-refractivity contribution in [2.24, 2.45) is 0 Å². The van der Waals surface area contributed by atoms with Gasteiger partial charge < -0.3 is 22.1 Å². The second-order valence-corrected chi connectivity index (χ2v) is 3.17. The molecule has 0 heterocycles. The first-order valence-electron chi connectivity index (χ1n) is 4.25. The van der Waals surface area contributed by atoms with Gasteiger partial charge in [0.2, 0.25) is 0 Å². The summed E-state index contributed by atoms with van der Waals surface area (Å²) < 4.78 is 25.5. The Morgan fingerprint density at radius 2 is 1.71 bits per heavy atom. The van der Waals surface area contributed by atoms with Crippen molar-refractivity contribution >= 4 is 5.97 Å². The van der Waals surface area contributed by atoms with Crippen LogP contribution in [0.2, 0.25) is 0 Å². The van der Waals surface area contributed by atoms with Gasteiger partial charge in [-0.2, -0.15) is 0 Å². The Labute approximate surface area is 93.1 Å². The molecule has 0 aliphatic rings. The molecule has 14 heavy (non-hydrogen) atoms. The van der Waals surface area contributed by atoms with Crippen molar-refractivity contribution in [3.05, 3.63) is 0 Å². The van der Waals surface area contributed by atoms with E-state index in [-0.39, 0.29) is 30.1 Å². The highest BCUT2D eigenvalue weighted by Crippen LogP contribution is 2.27. The number of carboxylic acids is 1. The zero-order valence-corrected chi connectivity index (χ0v) is 10.1. The van der Waals surface area contributed by atoms with E-state index in [1.165, 1.54) is 0 Å². The molecule has 0 spiro atoms. The number of quaternary nitrogens is 1. The topological polar surface area (TPSA) is 37.3 Å². The fraction of sp³-hybridized carbons (Fsp3) is 0.875. The predicted octanol–water partition coefficient (Wildman–Crippen LogP) is -1.46. The number of carbonyl (C=O) groups is 1. The van der Waals surface area contributed by atoms with Gasteiger partial charge in [0, 0.05) is 0 Å². The van der Waals surface area contributed by atoms with Crippen molar-refractivity contribution in [1.29, 1.82) is 0 Å². The van der Waals surface area contributed by atoms with Crippen LogP contribution in [0.5, 0.6) is 0 Å². The summed E-state index contributed by atoms with van der Waals surface area (Å²) in [5.41, 5.74) is 0. The second kappa shape index (κ2) is 5.60. The summed E-state index contributed by atoms with van der Waals surface area (Å²) in [7, 11) is 0. The summed E-state index contributed by atoms with van der Waals surface area (Å²) in [4.78, 5) is 10.4. The normalized spacial score (nSPS) is 12.1. The molecule has 0 aromatic rings. The third-order valence-electron chi connectivity index (χ3n) is 2.48. The number of hydrogen-bond acceptors (Lipinski definition) is 1. The van der Waals surface area contributed by atoms with E-state index in [9.17, 15) is 13.6 Å². The molecule has 0 aliphatic carbocycles. The molecule has 0 unspecified atom stereocenters. The van der Waals surface area contributed by atoms with Crippen LogP contribution in [0.3, 0.4) is 0 Å². The molecule has 0 aliphatic heterocycles. The second-order valence-electron chi connectivity index (χ2n) is 3.17. The minimum atomic E-state index is -3.00. The van der Waals surface area contributed by atoms with Crippen LogP contribution in [0.25, 0.3) is 0 Å². The van der Waals surface area contributed by atoms with Crippen molar-refractivity contribution in [1.82, 2.24) is 0 Å². The van der Waals surface area contributed by atoms with Gasteiger partial charge in [-0.05, 0) is 13.8 Å². The van der Waals surface area contributed by atoms with Crippen LogP contribution in [0, 0.1) is 0 Å². The molecule has 0 fully saturated rings. The predicted molar refractivity (Wildman–Crippen MR) is 44.5 cm³/mol. The lowest BCUT2D eigenvalue weighted by atomic mass is 10.3. The van der Waals surface area contributed by atoms with E-state index in [2.05, 4.69) is 0 Å². The van der Waals surface area contributed by atoms with E-state index >= 15 is 0 Å². The molecule has 0 saturated heterocycles. The van der Waals surface area contributed by atoms with Crippen molar-refractivity contribution in [3.63, 3.8) is 0 Å². The first-order chi connectivity index (χ1) is 5.79. The Balaban J connectivity index is 0. The van der Waals surface area contributed by atoms with Gasteiger partial charge in [0.25, 0.3) is 0 Å². The Hall–Kier alpha value is -0.230. The van der Waals surface area contributed by atoms with Crippen LogP contribution in [-0.2, 0) is 4.79 Å². The third kappa shape index (κ3) is 3.49. The van der Waals surface area contributed by atoms with Crippen LogP contribution in [0.4, 0.5) is 8.78 Å². The molecule has 0 rings (SSSR count). The van der Waals surface area contributed by atoms with E-state index in [0.29, 0.717) is 0 Å². The third-order valence-corrected chi connectivity index (χ3v) is 2.48. The maximum atomic E-state index is 13.1. The summed E-state index contributed by atoms with van der Waals surface area (Å²) in [6.07, 6.45) is 0. The fourth-order valence-corrected chi connectivity index (χ4v) is 1.40.